The van der Waals surface area contributed by atoms with Gasteiger partial charge in [0.05, 0.1) is 31.0 Å². The second kappa shape index (κ2) is 13.0. The lowest BCUT2D eigenvalue weighted by Gasteiger charge is -2.40. The van der Waals surface area contributed by atoms with E-state index in [1.165, 1.54) is 0 Å². The van der Waals surface area contributed by atoms with Crippen LogP contribution < -0.4 is 0 Å². The van der Waals surface area contributed by atoms with Gasteiger partial charge in [-0.15, -0.1) is 0 Å². The third-order valence-corrected chi connectivity index (χ3v) is 3.21. The first-order valence-corrected chi connectivity index (χ1v) is 10.0. The average molecular weight is 379 g/mol. The molecule has 0 aliphatic carbocycles. The van der Waals surface area contributed by atoms with Crippen LogP contribution in [0.2, 0.25) is 0 Å². The number of rotatable bonds is 15. The molecule has 0 fully saturated rings. The Morgan fingerprint density at radius 1 is 0.846 bits per heavy atom. The molecule has 0 rings (SSSR count). The Hall–Kier alpha value is -0.240. The van der Waals surface area contributed by atoms with Crippen LogP contribution in [0.4, 0.5) is 0 Å². The van der Waals surface area contributed by atoms with Crippen molar-refractivity contribution in [3.63, 3.8) is 0 Å². The van der Waals surface area contributed by atoms with Crippen LogP contribution in [0, 0.1) is 0 Å². The molecule has 0 spiro atoms. The van der Waals surface area contributed by atoms with Gasteiger partial charge in [0.15, 0.2) is 0 Å². The summed E-state index contributed by atoms with van der Waals surface area (Å²) in [6, 6.07) is 0. The normalized spacial score (nSPS) is 17.3. The molecule has 0 amide bonds. The molecule has 0 N–H and O–H groups in total. The van der Waals surface area contributed by atoms with Crippen LogP contribution in [0.5, 0.6) is 0 Å². The fourth-order valence-corrected chi connectivity index (χ4v) is 1.87. The van der Waals surface area contributed by atoms with E-state index in [4.69, 9.17) is 28.4 Å². The van der Waals surface area contributed by atoms with Crippen LogP contribution in [-0.2, 0) is 28.4 Å². The SMILES string of the molecule is CCCCOC(OC(C)CC)(OC(OCCC)OC(C)C)OC(C)(C)C. The van der Waals surface area contributed by atoms with Gasteiger partial charge in [-0.25, -0.2) is 4.74 Å². The van der Waals surface area contributed by atoms with Gasteiger partial charge in [0.1, 0.15) is 0 Å². The summed E-state index contributed by atoms with van der Waals surface area (Å²) in [6.07, 6.45) is 1.61. The molecule has 26 heavy (non-hydrogen) atoms. The predicted molar refractivity (Wildman–Crippen MR) is 103 cm³/mol. The Balaban J connectivity index is 5.52. The second-order valence-corrected chi connectivity index (χ2v) is 7.72. The molecular formula is C20H42O6. The standard InChI is InChI=1S/C20H42O6/c1-10-13-15-22-20(24-17(6)12-3,26-19(7,8)9)25-18(21-14-11-2)23-16(4)5/h16-18H,10-15H2,1-9H3. The number of ether oxygens (including phenoxy) is 6. The summed E-state index contributed by atoms with van der Waals surface area (Å²) in [5.41, 5.74) is -0.549. The van der Waals surface area contributed by atoms with Gasteiger partial charge < -0.3 is 18.9 Å². The van der Waals surface area contributed by atoms with Gasteiger partial charge in [0.2, 0.25) is 0 Å². The molecule has 0 aliphatic heterocycles. The van der Waals surface area contributed by atoms with Crippen molar-refractivity contribution in [2.24, 2.45) is 0 Å². The molecule has 3 unspecified atom stereocenters. The van der Waals surface area contributed by atoms with Crippen molar-refractivity contribution in [3.8, 4) is 0 Å². The third-order valence-electron chi connectivity index (χ3n) is 3.21. The molecule has 0 aromatic rings. The van der Waals surface area contributed by atoms with Gasteiger partial charge in [-0.05, 0) is 60.8 Å². The van der Waals surface area contributed by atoms with Crippen LogP contribution >= 0.6 is 0 Å². The molecule has 0 saturated carbocycles. The van der Waals surface area contributed by atoms with E-state index in [-0.39, 0.29) is 12.2 Å². The molecule has 3 atom stereocenters. The first-order chi connectivity index (χ1) is 12.1. The third kappa shape index (κ3) is 12.2. The molecule has 0 heterocycles. The topological polar surface area (TPSA) is 55.4 Å². The van der Waals surface area contributed by atoms with Gasteiger partial charge in [-0.2, -0.15) is 0 Å². The van der Waals surface area contributed by atoms with Crippen LogP contribution in [-0.4, -0.2) is 43.7 Å². The predicted octanol–water partition coefficient (Wildman–Crippen LogP) is 5.20. The van der Waals surface area contributed by atoms with E-state index in [1.54, 1.807) is 0 Å². The van der Waals surface area contributed by atoms with Crippen molar-refractivity contribution >= 4 is 0 Å². The zero-order valence-corrected chi connectivity index (χ0v) is 18.4. The number of unbranched alkanes of at least 4 members (excludes halogenated alkanes) is 1. The maximum Gasteiger partial charge on any atom is 0.417 e. The minimum atomic E-state index is -1.68. The molecule has 0 bridgehead atoms. The fourth-order valence-electron chi connectivity index (χ4n) is 1.87. The first-order valence-electron chi connectivity index (χ1n) is 10.0. The lowest BCUT2D eigenvalue weighted by Crippen LogP contribution is -2.52. The maximum absolute atomic E-state index is 6.11. The highest BCUT2D eigenvalue weighted by molar-refractivity contribution is 4.63. The van der Waals surface area contributed by atoms with Gasteiger partial charge >= 0.3 is 6.16 Å². The van der Waals surface area contributed by atoms with Gasteiger partial charge in [0, 0.05) is 0 Å². The molecule has 0 radical (unpaired) electrons. The van der Waals surface area contributed by atoms with Crippen molar-refractivity contribution in [2.45, 2.75) is 118 Å². The van der Waals surface area contributed by atoms with Crippen molar-refractivity contribution in [1.29, 1.82) is 0 Å². The monoisotopic (exact) mass is 378 g/mol. The van der Waals surface area contributed by atoms with Gasteiger partial charge in [-0.1, -0.05) is 27.2 Å². The lowest BCUT2D eigenvalue weighted by atomic mass is 10.2. The van der Waals surface area contributed by atoms with E-state index in [2.05, 4.69) is 6.92 Å². The smallest absolute Gasteiger partial charge is 0.330 e. The summed E-state index contributed by atoms with van der Waals surface area (Å²) in [4.78, 5) is 0. The zero-order valence-electron chi connectivity index (χ0n) is 18.4. The summed E-state index contributed by atoms with van der Waals surface area (Å²) < 4.78 is 35.7. The Morgan fingerprint density at radius 3 is 1.96 bits per heavy atom. The van der Waals surface area contributed by atoms with Crippen LogP contribution in [0.25, 0.3) is 0 Å². The number of hydrogen-bond acceptors (Lipinski definition) is 6. The minimum absolute atomic E-state index is 0.0802. The molecule has 6 nitrogen and oxygen atoms in total. The van der Waals surface area contributed by atoms with Crippen molar-refractivity contribution < 1.29 is 28.4 Å². The minimum Gasteiger partial charge on any atom is -0.330 e. The fraction of sp³-hybridized carbons (Fsp3) is 1.00. The molecule has 0 saturated heterocycles. The van der Waals surface area contributed by atoms with Crippen molar-refractivity contribution in [1.82, 2.24) is 0 Å². The van der Waals surface area contributed by atoms with Gasteiger partial charge in [-0.3, -0.25) is 4.74 Å². The van der Waals surface area contributed by atoms with Crippen molar-refractivity contribution in [2.75, 3.05) is 13.2 Å². The van der Waals surface area contributed by atoms with E-state index in [1.807, 2.05) is 55.4 Å². The molecular weight excluding hydrogens is 336 g/mol. The van der Waals surface area contributed by atoms with Crippen LogP contribution in [0.3, 0.4) is 0 Å². The highest BCUT2D eigenvalue weighted by Crippen LogP contribution is 2.29. The van der Waals surface area contributed by atoms with E-state index in [0.29, 0.717) is 13.2 Å². The lowest BCUT2D eigenvalue weighted by molar-refractivity contribution is -0.564. The maximum atomic E-state index is 6.11. The van der Waals surface area contributed by atoms with Gasteiger partial charge in [0.25, 0.3) is 6.48 Å². The summed E-state index contributed by atoms with van der Waals surface area (Å²) in [6.45, 7) is 17.8. The average Bonchev–Trinajstić information content (AvgIpc) is 2.50. The van der Waals surface area contributed by atoms with E-state index >= 15 is 0 Å². The largest absolute Gasteiger partial charge is 0.417 e. The van der Waals surface area contributed by atoms with Crippen LogP contribution in [0.15, 0.2) is 0 Å². The summed E-state index contributed by atoms with van der Waals surface area (Å²) in [5.74, 6) is 0. The van der Waals surface area contributed by atoms with Crippen LogP contribution in [0.1, 0.15) is 88.0 Å². The van der Waals surface area contributed by atoms with E-state index in [0.717, 1.165) is 25.7 Å². The molecule has 6 heteroatoms. The number of hydrogen-bond donors (Lipinski definition) is 0. The quantitative estimate of drug-likeness (QED) is 0.288. The highest BCUT2D eigenvalue weighted by atomic mass is 17.1. The zero-order chi connectivity index (χ0) is 20.2. The Morgan fingerprint density at radius 2 is 1.50 bits per heavy atom. The molecule has 0 aromatic carbocycles. The van der Waals surface area contributed by atoms with Crippen molar-refractivity contribution in [3.05, 3.63) is 0 Å². The Bertz CT molecular complexity index is 342. The Kier molecular flexibility index (Phi) is 12.9. The summed E-state index contributed by atoms with van der Waals surface area (Å²) >= 11 is 0. The summed E-state index contributed by atoms with van der Waals surface area (Å²) in [5, 5.41) is 0. The molecule has 0 aromatic heterocycles. The molecule has 158 valence electrons. The first kappa shape index (κ1) is 25.8. The van der Waals surface area contributed by atoms with E-state index in [9.17, 15) is 0 Å². The summed E-state index contributed by atoms with van der Waals surface area (Å²) in [7, 11) is 0. The second-order valence-electron chi connectivity index (χ2n) is 7.72. The highest BCUT2D eigenvalue weighted by Gasteiger charge is 2.44. The van der Waals surface area contributed by atoms with E-state index < -0.39 is 18.2 Å². The molecule has 0 aliphatic rings. The Labute approximate surface area is 160 Å².